The van der Waals surface area contributed by atoms with Crippen LogP contribution in [0.4, 0.5) is 8.78 Å². The van der Waals surface area contributed by atoms with Crippen LogP contribution in [-0.4, -0.2) is 84.2 Å². The van der Waals surface area contributed by atoms with Gasteiger partial charge in [-0.1, -0.05) is 0 Å². The fraction of sp³-hybridized carbons (Fsp3) is 0.609. The minimum atomic E-state index is -2.47. The molecule has 0 saturated heterocycles. The van der Waals surface area contributed by atoms with Crippen LogP contribution < -0.4 is 5.32 Å². The second kappa shape index (κ2) is 9.90. The first kappa shape index (κ1) is 23.1. The number of amidine groups is 1. The molecule has 1 aliphatic carbocycles. The van der Waals surface area contributed by atoms with E-state index >= 15 is 0 Å². The number of hydrazone groups is 1. The minimum Gasteiger partial charge on any atom is -0.352 e. The maximum absolute atomic E-state index is 12.7. The number of alkyl halides is 2. The van der Waals surface area contributed by atoms with Crippen LogP contribution in [0.3, 0.4) is 0 Å². The van der Waals surface area contributed by atoms with Gasteiger partial charge < -0.3 is 10.2 Å². The number of nitriles is 2. The number of nitrogens with zero attached hydrogens (tertiary/aromatic N) is 9. The monoisotopic (exact) mass is 480 g/mol. The van der Waals surface area contributed by atoms with Crippen LogP contribution in [0.15, 0.2) is 36.8 Å². The molecule has 0 aromatic rings. The largest absolute Gasteiger partial charge is 0.352 e. The van der Waals surface area contributed by atoms with E-state index < -0.39 is 18.9 Å². The van der Waals surface area contributed by atoms with Gasteiger partial charge in [0.05, 0.1) is 48.8 Å². The summed E-state index contributed by atoms with van der Waals surface area (Å²) >= 11 is 0. The lowest BCUT2D eigenvalue weighted by Crippen LogP contribution is -2.48. The van der Waals surface area contributed by atoms with E-state index in [1.165, 1.54) is 5.01 Å². The summed E-state index contributed by atoms with van der Waals surface area (Å²) in [6.45, 7) is 0.150. The third-order valence-electron chi connectivity index (χ3n) is 6.93. The molecule has 35 heavy (non-hydrogen) atoms. The number of guanidine groups is 1. The Kier molecular flexibility index (Phi) is 6.53. The third kappa shape index (κ3) is 4.92. The highest BCUT2D eigenvalue weighted by molar-refractivity contribution is 6.09. The number of halogens is 2. The van der Waals surface area contributed by atoms with E-state index in [-0.39, 0.29) is 30.6 Å². The summed E-state index contributed by atoms with van der Waals surface area (Å²) in [4.78, 5) is 20.4. The van der Waals surface area contributed by atoms with Crippen LogP contribution in [0.5, 0.6) is 0 Å². The average molecular weight is 481 g/mol. The predicted molar refractivity (Wildman–Crippen MR) is 127 cm³/mol. The number of nitrogens with one attached hydrogen (secondary N) is 1. The molecule has 0 bridgehead atoms. The van der Waals surface area contributed by atoms with Gasteiger partial charge in [-0.3, -0.25) is 10.0 Å². The fourth-order valence-corrected chi connectivity index (χ4v) is 5.22. The van der Waals surface area contributed by atoms with Gasteiger partial charge in [-0.2, -0.15) is 15.6 Å². The molecule has 1 N–H and O–H groups in total. The number of rotatable bonds is 5. The molecule has 0 spiro atoms. The second-order valence-electron chi connectivity index (χ2n) is 9.32. The van der Waals surface area contributed by atoms with E-state index in [4.69, 9.17) is 5.26 Å². The smallest absolute Gasteiger partial charge is 0.257 e. The van der Waals surface area contributed by atoms with Gasteiger partial charge in [-0.05, 0) is 25.7 Å². The van der Waals surface area contributed by atoms with Gasteiger partial charge in [-0.25, -0.2) is 23.8 Å². The summed E-state index contributed by atoms with van der Waals surface area (Å²) in [5, 5.41) is 27.6. The summed E-state index contributed by atoms with van der Waals surface area (Å²) < 4.78 is 25.5. The van der Waals surface area contributed by atoms with E-state index in [2.05, 4.69) is 47.4 Å². The lowest BCUT2D eigenvalue weighted by atomic mass is 9.89. The molecule has 5 atom stereocenters. The second-order valence-corrected chi connectivity index (χ2v) is 9.32. The maximum Gasteiger partial charge on any atom is 0.257 e. The molecule has 12 heteroatoms. The van der Waals surface area contributed by atoms with Crippen LogP contribution in [0.2, 0.25) is 0 Å². The Balaban J connectivity index is 1.24. The van der Waals surface area contributed by atoms with Crippen molar-refractivity contribution < 1.29 is 8.78 Å². The summed E-state index contributed by atoms with van der Waals surface area (Å²) in [5.74, 6) is 0.618. The number of hydrogen-bond acceptors (Lipinski definition) is 10. The molecular weight excluding hydrogens is 454 g/mol. The summed E-state index contributed by atoms with van der Waals surface area (Å²) in [7, 11) is 0. The van der Waals surface area contributed by atoms with Crippen LogP contribution in [0.25, 0.3) is 0 Å². The van der Waals surface area contributed by atoms with Gasteiger partial charge in [0, 0.05) is 37.5 Å². The molecule has 0 radical (unpaired) electrons. The zero-order valence-corrected chi connectivity index (χ0v) is 19.1. The summed E-state index contributed by atoms with van der Waals surface area (Å²) in [5.41, 5.74) is 1.27. The van der Waals surface area contributed by atoms with Crippen molar-refractivity contribution in [3.8, 4) is 12.1 Å². The molecule has 0 aromatic carbocycles. The third-order valence-corrected chi connectivity index (χ3v) is 6.93. The highest BCUT2D eigenvalue weighted by Crippen LogP contribution is 2.29. The number of fused-ring (bicyclic) bond motifs is 1. The van der Waals surface area contributed by atoms with Crippen molar-refractivity contribution in [3.63, 3.8) is 0 Å². The van der Waals surface area contributed by atoms with E-state index in [1.807, 2.05) is 6.34 Å². The zero-order valence-electron chi connectivity index (χ0n) is 19.1. The Bertz CT molecular complexity index is 1110. The molecule has 0 amide bonds. The van der Waals surface area contributed by atoms with Crippen LogP contribution in [0, 0.1) is 34.5 Å². The van der Waals surface area contributed by atoms with E-state index in [0.29, 0.717) is 30.2 Å². The van der Waals surface area contributed by atoms with Gasteiger partial charge in [0.1, 0.15) is 17.8 Å². The highest BCUT2D eigenvalue weighted by Gasteiger charge is 2.37. The van der Waals surface area contributed by atoms with E-state index in [0.717, 1.165) is 31.5 Å². The van der Waals surface area contributed by atoms with Crippen molar-refractivity contribution in [1.29, 1.82) is 10.5 Å². The average Bonchev–Trinajstić information content (AvgIpc) is 3.50. The molecule has 5 rings (SSSR count). The van der Waals surface area contributed by atoms with Gasteiger partial charge in [0.25, 0.3) is 6.43 Å². The van der Waals surface area contributed by atoms with Crippen molar-refractivity contribution in [2.75, 3.05) is 19.6 Å². The van der Waals surface area contributed by atoms with Crippen molar-refractivity contribution in [3.05, 3.63) is 11.8 Å². The van der Waals surface area contributed by atoms with Crippen molar-refractivity contribution >= 4 is 30.1 Å². The first-order chi connectivity index (χ1) is 17.0. The molecular formula is C23H26F2N10. The minimum absolute atomic E-state index is 0.0847. The fourth-order valence-electron chi connectivity index (χ4n) is 5.22. The lowest BCUT2D eigenvalue weighted by Gasteiger charge is -2.36. The SMILES string of the molecule is N#CC1=CN=C2C(C1)N=CN2[C@H]1CCC[C@@H](NC2=NCC(C#N)C(C3C=NN(CC(F)F)C3)=N2)C1. The normalized spacial score (nSPS) is 31.9. The molecule has 4 heterocycles. The van der Waals surface area contributed by atoms with Crippen molar-refractivity contribution in [2.24, 2.45) is 36.9 Å². The Labute approximate surface area is 202 Å². The van der Waals surface area contributed by atoms with Crippen LogP contribution in [0.1, 0.15) is 32.1 Å². The molecule has 10 nitrogen and oxygen atoms in total. The van der Waals surface area contributed by atoms with E-state index in [9.17, 15) is 14.0 Å². The zero-order chi connectivity index (χ0) is 24.4. The van der Waals surface area contributed by atoms with Crippen molar-refractivity contribution in [1.82, 2.24) is 15.2 Å². The topological polar surface area (TPSA) is 128 Å². The quantitative estimate of drug-likeness (QED) is 0.643. The molecule has 1 saturated carbocycles. The lowest BCUT2D eigenvalue weighted by molar-refractivity contribution is 0.0938. The predicted octanol–water partition coefficient (Wildman–Crippen LogP) is 1.94. The highest BCUT2D eigenvalue weighted by atomic mass is 19.3. The van der Waals surface area contributed by atoms with E-state index in [1.54, 1.807) is 12.4 Å². The Morgan fingerprint density at radius 1 is 1.26 bits per heavy atom. The Morgan fingerprint density at radius 3 is 2.94 bits per heavy atom. The molecule has 4 aliphatic heterocycles. The molecule has 1 fully saturated rings. The molecule has 0 aromatic heterocycles. The van der Waals surface area contributed by atoms with Gasteiger partial charge in [0.15, 0.2) is 0 Å². The molecule has 182 valence electrons. The first-order valence-electron chi connectivity index (χ1n) is 11.9. The Hall–Kier alpha value is -3.67. The number of hydrogen-bond donors (Lipinski definition) is 1. The van der Waals surface area contributed by atoms with Gasteiger partial charge in [0.2, 0.25) is 5.96 Å². The maximum atomic E-state index is 12.7. The van der Waals surface area contributed by atoms with Gasteiger partial charge in [-0.15, -0.1) is 0 Å². The standard InChI is InChI=1S/C23H26F2N10/c24-20(25)12-34-11-16(10-31-34)21-15(7-27)9-29-23(33-21)32-17-2-1-3-18(5-17)35-13-30-19-4-14(6-26)8-28-22(19)35/h8,10,13,15-20H,1-5,9,11-12H2,(H,29,32)/t15?,16?,17-,18+,19?/m1/s1. The Morgan fingerprint density at radius 2 is 2.14 bits per heavy atom. The van der Waals surface area contributed by atoms with Gasteiger partial charge >= 0.3 is 0 Å². The first-order valence-corrected chi connectivity index (χ1v) is 11.9. The summed E-state index contributed by atoms with van der Waals surface area (Å²) in [6, 6.07) is 4.69. The molecule has 3 unspecified atom stereocenters. The van der Waals surface area contributed by atoms with Crippen molar-refractivity contribution in [2.45, 2.75) is 56.7 Å². The number of aliphatic imine (C=N–C) groups is 4. The van der Waals surface area contributed by atoms with Crippen LogP contribution in [-0.2, 0) is 0 Å². The summed E-state index contributed by atoms with van der Waals surface area (Å²) in [6.07, 6.45) is 7.06. The van der Waals surface area contributed by atoms with Crippen LogP contribution >= 0.6 is 0 Å². The molecule has 5 aliphatic rings.